The van der Waals surface area contributed by atoms with E-state index in [1.165, 1.54) is 18.2 Å². The van der Waals surface area contributed by atoms with Gasteiger partial charge >= 0.3 is 6.18 Å². The molecule has 1 spiro atoms. The van der Waals surface area contributed by atoms with Crippen molar-refractivity contribution in [1.82, 2.24) is 19.6 Å². The number of hydrogen-bond acceptors (Lipinski definition) is 5. The normalized spacial score (nSPS) is 21.5. The van der Waals surface area contributed by atoms with Gasteiger partial charge in [0, 0.05) is 31.6 Å². The first kappa shape index (κ1) is 15.6. The molecular formula is C12H15F3N4O2S. The summed E-state index contributed by atoms with van der Waals surface area (Å²) in [5.41, 5.74) is -0.359. The highest BCUT2D eigenvalue weighted by Gasteiger charge is 2.52. The number of halogens is 3. The van der Waals surface area contributed by atoms with Gasteiger partial charge in [-0.3, -0.25) is 0 Å². The van der Waals surface area contributed by atoms with E-state index < -0.39 is 22.0 Å². The van der Waals surface area contributed by atoms with Crippen LogP contribution in [0, 0.1) is 19.3 Å². The van der Waals surface area contributed by atoms with Crippen LogP contribution in [0.15, 0.2) is 4.90 Å². The zero-order chi connectivity index (χ0) is 16.3. The molecule has 3 heterocycles. The van der Waals surface area contributed by atoms with Crippen molar-refractivity contribution in [2.24, 2.45) is 5.41 Å². The topological polar surface area (TPSA) is 75.2 Å². The molecule has 0 radical (unpaired) electrons. The summed E-state index contributed by atoms with van der Waals surface area (Å²) in [6, 6.07) is 0. The summed E-state index contributed by atoms with van der Waals surface area (Å²) in [4.78, 5) is 6.44. The lowest BCUT2D eigenvalue weighted by atomic mass is 9.76. The Hall–Kier alpha value is -1.26. The molecule has 0 unspecified atom stereocenters. The number of alkyl halides is 3. The first-order valence-electron chi connectivity index (χ1n) is 6.69. The van der Waals surface area contributed by atoms with E-state index in [2.05, 4.69) is 15.3 Å². The molecule has 2 aliphatic heterocycles. The molecular weight excluding hydrogens is 321 g/mol. The highest BCUT2D eigenvalue weighted by Crippen LogP contribution is 2.39. The average molecular weight is 336 g/mol. The van der Waals surface area contributed by atoms with E-state index in [0.29, 0.717) is 13.1 Å². The third kappa shape index (κ3) is 2.29. The van der Waals surface area contributed by atoms with Crippen molar-refractivity contribution in [3.63, 3.8) is 0 Å². The molecule has 1 aromatic heterocycles. The van der Waals surface area contributed by atoms with Gasteiger partial charge in [0.25, 0.3) is 0 Å². The first-order chi connectivity index (χ1) is 10.1. The Morgan fingerprint density at radius 1 is 1.14 bits per heavy atom. The molecule has 0 amide bonds. The van der Waals surface area contributed by atoms with Gasteiger partial charge < -0.3 is 5.32 Å². The molecule has 2 fully saturated rings. The van der Waals surface area contributed by atoms with E-state index in [1.54, 1.807) is 0 Å². The van der Waals surface area contributed by atoms with Gasteiger partial charge in [0.2, 0.25) is 15.8 Å². The number of nitrogens with one attached hydrogen (secondary N) is 1. The molecule has 122 valence electrons. The van der Waals surface area contributed by atoms with Gasteiger partial charge in [-0.1, -0.05) is 0 Å². The van der Waals surface area contributed by atoms with Gasteiger partial charge in [-0.15, -0.1) is 0 Å². The van der Waals surface area contributed by atoms with Crippen LogP contribution in [0.5, 0.6) is 0 Å². The summed E-state index contributed by atoms with van der Waals surface area (Å²) in [5.74, 6) is -1.32. The molecule has 0 aromatic carbocycles. The Bertz CT molecular complexity index is 697. The number of hydrogen-bond donors (Lipinski definition) is 1. The molecule has 0 aliphatic carbocycles. The van der Waals surface area contributed by atoms with E-state index in [-0.39, 0.29) is 21.7 Å². The van der Waals surface area contributed by atoms with E-state index >= 15 is 0 Å². The first-order valence-corrected chi connectivity index (χ1v) is 8.13. The zero-order valence-corrected chi connectivity index (χ0v) is 12.8. The van der Waals surface area contributed by atoms with Crippen molar-refractivity contribution >= 4 is 10.0 Å². The maximum atomic E-state index is 12.7. The third-order valence-electron chi connectivity index (χ3n) is 4.08. The maximum absolute atomic E-state index is 12.7. The average Bonchev–Trinajstić information content (AvgIpc) is 2.21. The molecule has 2 aliphatic rings. The van der Waals surface area contributed by atoms with Crippen molar-refractivity contribution in [1.29, 1.82) is 0 Å². The second kappa shape index (κ2) is 4.62. The molecule has 1 N–H and O–H groups in total. The largest absolute Gasteiger partial charge is 0.451 e. The predicted molar refractivity (Wildman–Crippen MR) is 70.6 cm³/mol. The fraction of sp³-hybridized carbons (Fsp3) is 0.667. The minimum absolute atomic E-state index is 0.0123. The highest BCUT2D eigenvalue weighted by atomic mass is 32.2. The minimum atomic E-state index is -4.70. The standard InChI is InChI=1S/C12H15F3N4O2S/c1-7-9(8(2)18-10(17-7)12(13,14)15)22(20,21)19-5-11(6-19)3-16-4-11/h16H,3-6H2,1-2H3. The fourth-order valence-corrected chi connectivity index (χ4v) is 4.89. The fourth-order valence-electron chi connectivity index (χ4n) is 2.91. The Balaban J connectivity index is 1.94. The summed E-state index contributed by atoms with van der Waals surface area (Å²) >= 11 is 0. The number of aryl methyl sites for hydroxylation is 2. The van der Waals surface area contributed by atoms with E-state index in [0.717, 1.165) is 13.1 Å². The van der Waals surface area contributed by atoms with Crippen LogP contribution in [0.3, 0.4) is 0 Å². The van der Waals surface area contributed by atoms with Crippen molar-refractivity contribution in [2.75, 3.05) is 26.2 Å². The Labute approximate surface area is 125 Å². The third-order valence-corrected chi connectivity index (χ3v) is 6.12. The molecule has 6 nitrogen and oxygen atoms in total. The van der Waals surface area contributed by atoms with Gasteiger partial charge in [-0.2, -0.15) is 17.5 Å². The summed E-state index contributed by atoms with van der Waals surface area (Å²) in [6.45, 7) is 4.81. The highest BCUT2D eigenvalue weighted by molar-refractivity contribution is 7.89. The van der Waals surface area contributed by atoms with Crippen LogP contribution in [-0.2, 0) is 16.2 Å². The molecule has 0 saturated carbocycles. The van der Waals surface area contributed by atoms with Crippen LogP contribution in [0.4, 0.5) is 13.2 Å². The van der Waals surface area contributed by atoms with Gasteiger partial charge in [-0.25, -0.2) is 18.4 Å². The number of nitrogens with zero attached hydrogens (tertiary/aromatic N) is 3. The van der Waals surface area contributed by atoms with Crippen LogP contribution in [0.2, 0.25) is 0 Å². The van der Waals surface area contributed by atoms with Crippen molar-refractivity contribution in [2.45, 2.75) is 24.9 Å². The summed E-state index contributed by atoms with van der Waals surface area (Å²) < 4.78 is 64.5. The molecule has 22 heavy (non-hydrogen) atoms. The molecule has 0 bridgehead atoms. The predicted octanol–water partition coefficient (Wildman–Crippen LogP) is 0.706. The molecule has 3 rings (SSSR count). The molecule has 2 saturated heterocycles. The zero-order valence-electron chi connectivity index (χ0n) is 12.0. The summed E-state index contributed by atoms with van der Waals surface area (Å²) in [5, 5.41) is 3.09. The number of sulfonamides is 1. The van der Waals surface area contributed by atoms with Crippen molar-refractivity contribution < 1.29 is 21.6 Å². The van der Waals surface area contributed by atoms with Crippen LogP contribution >= 0.6 is 0 Å². The van der Waals surface area contributed by atoms with E-state index in [9.17, 15) is 21.6 Å². The smallest absolute Gasteiger partial charge is 0.315 e. The summed E-state index contributed by atoms with van der Waals surface area (Å²) in [7, 11) is -3.86. The lowest BCUT2D eigenvalue weighted by Crippen LogP contribution is -2.71. The Kier molecular flexibility index (Phi) is 3.28. The van der Waals surface area contributed by atoms with E-state index in [1.807, 2.05) is 0 Å². The van der Waals surface area contributed by atoms with Crippen molar-refractivity contribution in [3.8, 4) is 0 Å². The quantitative estimate of drug-likeness (QED) is 0.861. The SMILES string of the molecule is Cc1nc(C(F)(F)F)nc(C)c1S(=O)(=O)N1CC2(CNC2)C1. The number of rotatable bonds is 2. The number of aromatic nitrogens is 2. The molecule has 0 atom stereocenters. The van der Waals surface area contributed by atoms with E-state index in [4.69, 9.17) is 0 Å². The van der Waals surface area contributed by atoms with Crippen LogP contribution < -0.4 is 5.32 Å². The monoisotopic (exact) mass is 336 g/mol. The Morgan fingerprint density at radius 2 is 1.64 bits per heavy atom. The van der Waals surface area contributed by atoms with Gasteiger partial charge in [0.1, 0.15) is 4.90 Å². The van der Waals surface area contributed by atoms with Gasteiger partial charge in [0.05, 0.1) is 11.4 Å². The molecule has 10 heteroatoms. The van der Waals surface area contributed by atoms with Gasteiger partial charge in [0.15, 0.2) is 0 Å². The van der Waals surface area contributed by atoms with Crippen LogP contribution in [-0.4, -0.2) is 48.9 Å². The minimum Gasteiger partial charge on any atom is -0.315 e. The Morgan fingerprint density at radius 3 is 2.00 bits per heavy atom. The second-order valence-corrected chi connectivity index (χ2v) is 7.80. The summed E-state index contributed by atoms with van der Waals surface area (Å²) in [6.07, 6.45) is -4.70. The van der Waals surface area contributed by atoms with Crippen LogP contribution in [0.1, 0.15) is 17.2 Å². The molecule has 1 aromatic rings. The van der Waals surface area contributed by atoms with Gasteiger partial charge in [-0.05, 0) is 13.8 Å². The maximum Gasteiger partial charge on any atom is 0.451 e. The van der Waals surface area contributed by atoms with Crippen LogP contribution in [0.25, 0.3) is 0 Å². The second-order valence-electron chi connectivity index (χ2n) is 5.92. The lowest BCUT2D eigenvalue weighted by Gasteiger charge is -2.55. The lowest BCUT2D eigenvalue weighted by molar-refractivity contribution is -0.145. The van der Waals surface area contributed by atoms with Crippen molar-refractivity contribution in [3.05, 3.63) is 17.2 Å².